The molecular weight excluding hydrogens is 384 g/mol. The van der Waals surface area contributed by atoms with E-state index in [9.17, 15) is 14.4 Å². The van der Waals surface area contributed by atoms with Crippen LogP contribution in [0, 0.1) is 6.92 Å². The topological polar surface area (TPSA) is 109 Å². The Morgan fingerprint density at radius 2 is 1.82 bits per heavy atom. The number of hydrazone groups is 1. The minimum absolute atomic E-state index is 0.165. The van der Waals surface area contributed by atoms with Crippen LogP contribution in [0.3, 0.4) is 0 Å². The number of benzene rings is 2. The molecule has 2 aromatic carbocycles. The number of nitrogens with zero attached hydrogens (tertiary/aromatic N) is 1. The van der Waals surface area contributed by atoms with E-state index in [1.165, 1.54) is 13.3 Å². The zero-order valence-electron chi connectivity index (χ0n) is 15.3. The summed E-state index contributed by atoms with van der Waals surface area (Å²) >= 11 is 6.03. The first-order valence-electron chi connectivity index (χ1n) is 8.23. The SMILES string of the molecule is CNC(=O)C(=O)N/N=C\c1ccc(OCC(=O)Nc2cccc(Cl)c2C)cc1. The Kier molecular flexibility index (Phi) is 7.53. The van der Waals surface area contributed by atoms with Crippen LogP contribution in [0.25, 0.3) is 0 Å². The maximum absolute atomic E-state index is 12.0. The van der Waals surface area contributed by atoms with Crippen molar-refractivity contribution in [1.82, 2.24) is 10.7 Å². The summed E-state index contributed by atoms with van der Waals surface area (Å²) < 4.78 is 5.44. The smallest absolute Gasteiger partial charge is 0.329 e. The number of carbonyl (C=O) groups excluding carboxylic acids is 3. The number of nitrogens with one attached hydrogen (secondary N) is 3. The van der Waals surface area contributed by atoms with Gasteiger partial charge in [-0.15, -0.1) is 0 Å². The normalized spacial score (nSPS) is 10.4. The number of rotatable bonds is 6. The van der Waals surface area contributed by atoms with E-state index in [1.54, 1.807) is 42.5 Å². The molecule has 0 saturated carbocycles. The molecule has 0 aromatic heterocycles. The molecular formula is C19H19ClN4O4. The molecule has 0 heterocycles. The molecule has 0 bridgehead atoms. The van der Waals surface area contributed by atoms with Crippen molar-refractivity contribution in [1.29, 1.82) is 0 Å². The van der Waals surface area contributed by atoms with Crippen molar-refractivity contribution >= 4 is 41.2 Å². The van der Waals surface area contributed by atoms with Crippen LogP contribution in [0.5, 0.6) is 5.75 Å². The molecule has 0 aliphatic carbocycles. The van der Waals surface area contributed by atoms with E-state index in [0.29, 0.717) is 22.0 Å². The monoisotopic (exact) mass is 402 g/mol. The molecule has 0 aliphatic heterocycles. The second-order valence-corrected chi connectivity index (χ2v) is 6.00. The predicted molar refractivity (Wildman–Crippen MR) is 107 cm³/mol. The van der Waals surface area contributed by atoms with E-state index in [2.05, 4.69) is 21.2 Å². The summed E-state index contributed by atoms with van der Waals surface area (Å²) in [5.74, 6) is -1.47. The van der Waals surface area contributed by atoms with Gasteiger partial charge in [0.2, 0.25) is 0 Å². The highest BCUT2D eigenvalue weighted by atomic mass is 35.5. The number of halogens is 1. The molecule has 146 valence electrons. The van der Waals surface area contributed by atoms with Crippen molar-refractivity contribution in [2.45, 2.75) is 6.92 Å². The van der Waals surface area contributed by atoms with Crippen LogP contribution in [-0.4, -0.2) is 37.6 Å². The second-order valence-electron chi connectivity index (χ2n) is 5.60. The Morgan fingerprint density at radius 3 is 2.50 bits per heavy atom. The van der Waals surface area contributed by atoms with Gasteiger partial charge in [0.15, 0.2) is 6.61 Å². The Bertz CT molecular complexity index is 897. The van der Waals surface area contributed by atoms with Gasteiger partial charge >= 0.3 is 11.8 Å². The van der Waals surface area contributed by atoms with Crippen molar-refractivity contribution in [2.24, 2.45) is 5.10 Å². The van der Waals surface area contributed by atoms with Gasteiger partial charge in [0.05, 0.1) is 6.21 Å². The predicted octanol–water partition coefficient (Wildman–Crippen LogP) is 1.86. The highest BCUT2D eigenvalue weighted by molar-refractivity contribution is 6.35. The van der Waals surface area contributed by atoms with Crippen LogP contribution in [-0.2, 0) is 14.4 Å². The summed E-state index contributed by atoms with van der Waals surface area (Å²) in [5, 5.41) is 9.17. The van der Waals surface area contributed by atoms with Gasteiger partial charge in [0.1, 0.15) is 5.75 Å². The van der Waals surface area contributed by atoms with Gasteiger partial charge in [-0.2, -0.15) is 5.10 Å². The fourth-order valence-corrected chi connectivity index (χ4v) is 2.23. The van der Waals surface area contributed by atoms with Gasteiger partial charge in [-0.3, -0.25) is 14.4 Å². The highest BCUT2D eigenvalue weighted by Crippen LogP contribution is 2.22. The molecule has 8 nitrogen and oxygen atoms in total. The summed E-state index contributed by atoms with van der Waals surface area (Å²) in [6.07, 6.45) is 1.37. The average Bonchev–Trinajstić information content (AvgIpc) is 2.70. The molecule has 0 atom stereocenters. The number of likely N-dealkylation sites (N-methyl/N-ethyl adjacent to an activating group) is 1. The quantitative estimate of drug-likeness (QED) is 0.389. The van der Waals surface area contributed by atoms with Crippen molar-refractivity contribution in [3.8, 4) is 5.75 Å². The van der Waals surface area contributed by atoms with Gasteiger partial charge in [-0.25, -0.2) is 5.43 Å². The lowest BCUT2D eigenvalue weighted by molar-refractivity contribution is -0.138. The van der Waals surface area contributed by atoms with Crippen molar-refractivity contribution < 1.29 is 19.1 Å². The van der Waals surface area contributed by atoms with Gasteiger partial charge in [0.25, 0.3) is 5.91 Å². The van der Waals surface area contributed by atoms with Crippen LogP contribution in [0.15, 0.2) is 47.6 Å². The summed E-state index contributed by atoms with van der Waals surface area (Å²) in [6, 6.07) is 11.9. The maximum atomic E-state index is 12.0. The molecule has 0 fully saturated rings. The first kappa shape index (κ1) is 20.9. The van der Waals surface area contributed by atoms with E-state index in [0.717, 1.165) is 5.56 Å². The standard InChI is InChI=1S/C19H19ClN4O4/c1-12-15(20)4-3-5-16(12)23-17(25)11-28-14-8-6-13(7-9-14)10-22-24-19(27)18(26)21-2/h3-10H,11H2,1-2H3,(H,21,26)(H,23,25)(H,24,27)/b22-10-. The molecule has 9 heteroatoms. The lowest BCUT2D eigenvalue weighted by Gasteiger charge is -2.10. The second kappa shape index (κ2) is 10.1. The number of amides is 3. The van der Waals surface area contributed by atoms with Gasteiger partial charge in [0, 0.05) is 17.8 Å². The van der Waals surface area contributed by atoms with E-state index in [-0.39, 0.29) is 12.5 Å². The first-order chi connectivity index (χ1) is 13.4. The van der Waals surface area contributed by atoms with Crippen molar-refractivity contribution in [3.63, 3.8) is 0 Å². The highest BCUT2D eigenvalue weighted by Gasteiger charge is 2.09. The molecule has 0 spiro atoms. The zero-order valence-corrected chi connectivity index (χ0v) is 16.0. The largest absolute Gasteiger partial charge is 0.484 e. The zero-order chi connectivity index (χ0) is 20.5. The van der Waals surface area contributed by atoms with Crippen LogP contribution in [0.2, 0.25) is 5.02 Å². The fourth-order valence-electron chi connectivity index (χ4n) is 2.06. The number of hydrogen-bond donors (Lipinski definition) is 3. The molecule has 0 radical (unpaired) electrons. The third kappa shape index (κ3) is 6.10. The van der Waals surface area contributed by atoms with E-state index in [1.807, 2.05) is 6.92 Å². The number of hydrogen-bond acceptors (Lipinski definition) is 5. The van der Waals surface area contributed by atoms with Crippen LogP contribution >= 0.6 is 11.6 Å². The van der Waals surface area contributed by atoms with E-state index < -0.39 is 11.8 Å². The Labute approximate surface area is 166 Å². The van der Waals surface area contributed by atoms with Crippen molar-refractivity contribution in [2.75, 3.05) is 19.0 Å². The van der Waals surface area contributed by atoms with Crippen LogP contribution in [0.4, 0.5) is 5.69 Å². The maximum Gasteiger partial charge on any atom is 0.329 e. The molecule has 28 heavy (non-hydrogen) atoms. The minimum Gasteiger partial charge on any atom is -0.484 e. The van der Waals surface area contributed by atoms with E-state index in [4.69, 9.17) is 16.3 Å². The van der Waals surface area contributed by atoms with Crippen LogP contribution in [0.1, 0.15) is 11.1 Å². The molecule has 0 aliphatic rings. The number of anilines is 1. The third-order valence-corrected chi connectivity index (χ3v) is 4.01. The fraction of sp³-hybridized carbons (Fsp3) is 0.158. The average molecular weight is 403 g/mol. The molecule has 0 unspecified atom stereocenters. The van der Waals surface area contributed by atoms with Crippen LogP contribution < -0.4 is 20.8 Å². The van der Waals surface area contributed by atoms with E-state index >= 15 is 0 Å². The van der Waals surface area contributed by atoms with Gasteiger partial charge in [-0.05, 0) is 54.4 Å². The minimum atomic E-state index is -0.861. The number of carbonyl (C=O) groups is 3. The Balaban J connectivity index is 1.83. The molecule has 0 saturated heterocycles. The van der Waals surface area contributed by atoms with Crippen molar-refractivity contribution in [3.05, 3.63) is 58.6 Å². The molecule has 2 rings (SSSR count). The Morgan fingerprint density at radius 1 is 1.11 bits per heavy atom. The summed E-state index contributed by atoms with van der Waals surface area (Å²) in [6.45, 7) is 1.65. The summed E-state index contributed by atoms with van der Waals surface area (Å²) in [4.78, 5) is 34.3. The molecule has 3 N–H and O–H groups in total. The summed E-state index contributed by atoms with van der Waals surface area (Å²) in [5.41, 5.74) is 4.18. The first-order valence-corrected chi connectivity index (χ1v) is 8.61. The third-order valence-electron chi connectivity index (χ3n) is 3.60. The summed E-state index contributed by atoms with van der Waals surface area (Å²) in [7, 11) is 1.35. The Hall–Kier alpha value is -3.39. The van der Waals surface area contributed by atoms with Gasteiger partial charge in [-0.1, -0.05) is 17.7 Å². The number of ether oxygens (including phenoxy) is 1. The molecule has 3 amide bonds. The van der Waals surface area contributed by atoms with Gasteiger partial charge < -0.3 is 15.4 Å². The molecule has 2 aromatic rings. The lowest BCUT2D eigenvalue weighted by Crippen LogP contribution is -2.35. The lowest BCUT2D eigenvalue weighted by atomic mass is 10.2.